The molecule has 2 heterocycles. The van der Waals surface area contributed by atoms with Gasteiger partial charge in [0, 0.05) is 29.0 Å². The quantitative estimate of drug-likeness (QED) is 0.537. The topological polar surface area (TPSA) is 62.7 Å². The van der Waals surface area contributed by atoms with Gasteiger partial charge in [-0.2, -0.15) is 5.10 Å². The first-order valence-corrected chi connectivity index (χ1v) is 8.64. The van der Waals surface area contributed by atoms with Crippen LogP contribution in [0.2, 0.25) is 0 Å². The Bertz CT molecular complexity index is 1040. The van der Waals surface area contributed by atoms with E-state index in [-0.39, 0.29) is 5.91 Å². The van der Waals surface area contributed by atoms with Gasteiger partial charge >= 0.3 is 0 Å². The number of fused-ring (bicyclic) bond motifs is 1. The van der Waals surface area contributed by atoms with E-state index < -0.39 is 0 Å². The number of aromatic amines is 1. The predicted octanol–water partition coefficient (Wildman–Crippen LogP) is 4.43. The van der Waals surface area contributed by atoms with Crippen molar-refractivity contribution in [2.75, 3.05) is 5.32 Å². The SMILES string of the molecule is O=C(Nc1cccc(Cn2cccn2)c1)c1[nH]c2ccccc2c1Br. The summed E-state index contributed by atoms with van der Waals surface area (Å²) in [7, 11) is 0. The highest BCUT2D eigenvalue weighted by molar-refractivity contribution is 9.10. The Balaban J connectivity index is 1.57. The molecule has 5 nitrogen and oxygen atoms in total. The van der Waals surface area contributed by atoms with Crippen molar-refractivity contribution in [3.63, 3.8) is 0 Å². The molecule has 1 amide bonds. The van der Waals surface area contributed by atoms with E-state index in [1.54, 1.807) is 6.20 Å². The van der Waals surface area contributed by atoms with E-state index in [0.717, 1.165) is 26.6 Å². The number of hydrogen-bond donors (Lipinski definition) is 2. The zero-order chi connectivity index (χ0) is 17.2. The molecule has 6 heteroatoms. The summed E-state index contributed by atoms with van der Waals surface area (Å²) in [6.07, 6.45) is 3.66. The second-order valence-corrected chi connectivity index (χ2v) is 6.51. The normalized spacial score (nSPS) is 10.9. The first-order valence-electron chi connectivity index (χ1n) is 7.84. The Morgan fingerprint density at radius 1 is 1.16 bits per heavy atom. The highest BCUT2D eigenvalue weighted by atomic mass is 79.9. The molecular formula is C19H15BrN4O. The molecular weight excluding hydrogens is 380 g/mol. The molecule has 2 aromatic carbocycles. The van der Waals surface area contributed by atoms with Crippen molar-refractivity contribution in [1.29, 1.82) is 0 Å². The van der Waals surface area contributed by atoms with Crippen LogP contribution in [-0.4, -0.2) is 20.7 Å². The Morgan fingerprint density at radius 2 is 2.04 bits per heavy atom. The third-order valence-corrected chi connectivity index (χ3v) is 4.78. The standard InChI is InChI=1S/C19H15BrN4O/c20-17-15-7-1-2-8-16(15)23-18(17)19(25)22-14-6-3-5-13(11-14)12-24-10-4-9-21-24/h1-11,23H,12H2,(H,22,25). The van der Waals surface area contributed by atoms with Crippen LogP contribution in [0.4, 0.5) is 5.69 Å². The Kier molecular flexibility index (Phi) is 4.11. The minimum Gasteiger partial charge on any atom is -0.350 e. The third kappa shape index (κ3) is 3.21. The van der Waals surface area contributed by atoms with Crippen molar-refractivity contribution in [2.24, 2.45) is 0 Å². The summed E-state index contributed by atoms with van der Waals surface area (Å²) in [6, 6.07) is 17.5. The number of hydrogen-bond acceptors (Lipinski definition) is 2. The maximum absolute atomic E-state index is 12.6. The van der Waals surface area contributed by atoms with Crippen LogP contribution < -0.4 is 5.32 Å². The maximum Gasteiger partial charge on any atom is 0.273 e. The highest BCUT2D eigenvalue weighted by Gasteiger charge is 2.16. The minimum atomic E-state index is -0.181. The largest absolute Gasteiger partial charge is 0.350 e. The molecule has 0 aliphatic carbocycles. The number of para-hydroxylation sites is 1. The molecule has 0 atom stereocenters. The number of nitrogens with zero attached hydrogens (tertiary/aromatic N) is 2. The number of H-pyrrole nitrogens is 1. The van der Waals surface area contributed by atoms with E-state index in [1.165, 1.54) is 0 Å². The van der Waals surface area contributed by atoms with Gasteiger partial charge in [0.1, 0.15) is 5.69 Å². The summed E-state index contributed by atoms with van der Waals surface area (Å²) >= 11 is 3.52. The van der Waals surface area contributed by atoms with Gasteiger partial charge in [-0.1, -0.05) is 30.3 Å². The molecule has 124 valence electrons. The molecule has 0 aliphatic heterocycles. The lowest BCUT2D eigenvalue weighted by Gasteiger charge is -2.07. The van der Waals surface area contributed by atoms with Gasteiger partial charge in [-0.25, -0.2) is 0 Å². The lowest BCUT2D eigenvalue weighted by atomic mass is 10.2. The summed E-state index contributed by atoms with van der Waals surface area (Å²) in [6.45, 7) is 0.660. The zero-order valence-electron chi connectivity index (χ0n) is 13.2. The van der Waals surface area contributed by atoms with Gasteiger partial charge in [-0.05, 0) is 45.8 Å². The van der Waals surface area contributed by atoms with Crippen molar-refractivity contribution in [2.45, 2.75) is 6.54 Å². The maximum atomic E-state index is 12.6. The number of amides is 1. The van der Waals surface area contributed by atoms with Gasteiger partial charge in [-0.15, -0.1) is 0 Å². The number of halogens is 1. The lowest BCUT2D eigenvalue weighted by molar-refractivity contribution is 0.102. The number of carbonyl (C=O) groups is 1. The molecule has 0 radical (unpaired) electrons. The number of aromatic nitrogens is 3. The van der Waals surface area contributed by atoms with E-state index in [9.17, 15) is 4.79 Å². The second kappa shape index (κ2) is 6.57. The van der Waals surface area contributed by atoms with Crippen molar-refractivity contribution in [3.05, 3.63) is 82.7 Å². The van der Waals surface area contributed by atoms with E-state index >= 15 is 0 Å². The second-order valence-electron chi connectivity index (χ2n) is 5.72. The van der Waals surface area contributed by atoms with Gasteiger partial charge < -0.3 is 10.3 Å². The van der Waals surface area contributed by atoms with Crippen molar-refractivity contribution in [1.82, 2.24) is 14.8 Å². The monoisotopic (exact) mass is 394 g/mol. The molecule has 4 aromatic rings. The molecule has 0 unspecified atom stereocenters. The molecule has 2 aromatic heterocycles. The molecule has 0 aliphatic rings. The van der Waals surface area contributed by atoms with Crippen LogP contribution in [0.3, 0.4) is 0 Å². The average Bonchev–Trinajstić information content (AvgIpc) is 3.24. The summed E-state index contributed by atoms with van der Waals surface area (Å²) in [5.41, 5.74) is 3.25. The summed E-state index contributed by atoms with van der Waals surface area (Å²) in [5.74, 6) is -0.181. The summed E-state index contributed by atoms with van der Waals surface area (Å²) in [4.78, 5) is 15.8. The minimum absolute atomic E-state index is 0.181. The van der Waals surface area contributed by atoms with Crippen molar-refractivity contribution >= 4 is 38.4 Å². The highest BCUT2D eigenvalue weighted by Crippen LogP contribution is 2.28. The van der Waals surface area contributed by atoms with Gasteiger partial charge in [0.25, 0.3) is 5.91 Å². The Hall–Kier alpha value is -2.86. The molecule has 4 rings (SSSR count). The van der Waals surface area contributed by atoms with Crippen LogP contribution in [0.1, 0.15) is 16.1 Å². The summed E-state index contributed by atoms with van der Waals surface area (Å²) < 4.78 is 2.61. The van der Waals surface area contributed by atoms with Crippen LogP contribution >= 0.6 is 15.9 Å². The van der Waals surface area contributed by atoms with Crippen LogP contribution in [0.25, 0.3) is 10.9 Å². The number of anilines is 1. The van der Waals surface area contributed by atoms with Gasteiger partial charge in [0.2, 0.25) is 0 Å². The van der Waals surface area contributed by atoms with Crippen molar-refractivity contribution < 1.29 is 4.79 Å². The van der Waals surface area contributed by atoms with E-state index in [1.807, 2.05) is 65.5 Å². The fraction of sp³-hybridized carbons (Fsp3) is 0.0526. The van der Waals surface area contributed by atoms with E-state index in [4.69, 9.17) is 0 Å². The molecule has 0 bridgehead atoms. The van der Waals surface area contributed by atoms with Crippen molar-refractivity contribution in [3.8, 4) is 0 Å². The first-order chi connectivity index (χ1) is 12.2. The molecule has 25 heavy (non-hydrogen) atoms. The third-order valence-electron chi connectivity index (χ3n) is 3.96. The van der Waals surface area contributed by atoms with Crippen LogP contribution in [-0.2, 0) is 6.54 Å². The van der Waals surface area contributed by atoms with Crippen LogP contribution in [0, 0.1) is 0 Å². The molecule has 0 spiro atoms. The van der Waals surface area contributed by atoms with E-state index in [2.05, 4.69) is 31.3 Å². The number of rotatable bonds is 4. The zero-order valence-corrected chi connectivity index (χ0v) is 14.8. The molecule has 0 saturated carbocycles. The number of nitrogens with one attached hydrogen (secondary N) is 2. The first kappa shape index (κ1) is 15.7. The molecule has 0 fully saturated rings. The number of benzene rings is 2. The van der Waals surface area contributed by atoms with Crippen LogP contribution in [0.15, 0.2) is 71.5 Å². The predicted molar refractivity (Wildman–Crippen MR) is 102 cm³/mol. The Morgan fingerprint density at radius 3 is 2.84 bits per heavy atom. The molecule has 0 saturated heterocycles. The van der Waals surface area contributed by atoms with Crippen LogP contribution in [0.5, 0.6) is 0 Å². The molecule has 2 N–H and O–H groups in total. The fourth-order valence-corrected chi connectivity index (χ4v) is 3.41. The number of carbonyl (C=O) groups excluding carboxylic acids is 1. The van der Waals surface area contributed by atoms with Gasteiger partial charge in [-0.3, -0.25) is 9.48 Å². The summed E-state index contributed by atoms with van der Waals surface area (Å²) in [5, 5.41) is 8.14. The average molecular weight is 395 g/mol. The van der Waals surface area contributed by atoms with Gasteiger partial charge in [0.15, 0.2) is 0 Å². The van der Waals surface area contributed by atoms with E-state index in [0.29, 0.717) is 12.2 Å². The Labute approximate surface area is 152 Å². The smallest absolute Gasteiger partial charge is 0.273 e. The van der Waals surface area contributed by atoms with Gasteiger partial charge in [0.05, 0.1) is 11.0 Å². The lowest BCUT2D eigenvalue weighted by Crippen LogP contribution is -2.13. The fourth-order valence-electron chi connectivity index (χ4n) is 2.79.